The van der Waals surface area contributed by atoms with Crippen LogP contribution in [-0.2, 0) is 16.1 Å². The van der Waals surface area contributed by atoms with E-state index in [-0.39, 0.29) is 17.9 Å². The van der Waals surface area contributed by atoms with Crippen LogP contribution in [0.15, 0.2) is 48.7 Å². The number of carboxylic acid groups (broad SMARTS) is 1. The zero-order chi connectivity index (χ0) is 32.8. The van der Waals surface area contributed by atoms with E-state index in [0.717, 1.165) is 75.6 Å². The van der Waals surface area contributed by atoms with Crippen molar-refractivity contribution in [1.29, 1.82) is 0 Å². The molecule has 0 radical (unpaired) electrons. The molecule has 12 heteroatoms. The molecule has 3 aromatic rings. The molecule has 246 valence electrons. The molecule has 46 heavy (non-hydrogen) atoms. The summed E-state index contributed by atoms with van der Waals surface area (Å²) in [6, 6.07) is 13.2. The van der Waals surface area contributed by atoms with Gasteiger partial charge in [0.05, 0.1) is 18.3 Å². The van der Waals surface area contributed by atoms with Gasteiger partial charge in [-0.05, 0) is 87.7 Å². The maximum Gasteiger partial charge on any atom is 0.304 e. The molecule has 0 saturated carbocycles. The first-order valence-corrected chi connectivity index (χ1v) is 16.5. The first-order chi connectivity index (χ1) is 21.9. The van der Waals surface area contributed by atoms with Crippen molar-refractivity contribution in [2.75, 3.05) is 50.7 Å². The minimum atomic E-state index is -0.779. The Hall–Kier alpha value is -3.44. The zero-order valence-electron chi connectivity index (χ0n) is 26.6. The molecule has 0 atom stereocenters. The van der Waals surface area contributed by atoms with E-state index in [9.17, 15) is 9.59 Å². The predicted octanol–water partition coefficient (Wildman–Crippen LogP) is 5.97. The molecule has 2 aromatic heterocycles. The highest BCUT2D eigenvalue weighted by atomic mass is 35.5. The molecule has 1 aromatic carbocycles. The van der Waals surface area contributed by atoms with Gasteiger partial charge in [0.15, 0.2) is 0 Å². The Morgan fingerprint density at radius 1 is 1.04 bits per heavy atom. The summed E-state index contributed by atoms with van der Waals surface area (Å²) in [5, 5.41) is 13.1. The topological polar surface area (TPSA) is 111 Å². The Bertz CT molecular complexity index is 1510. The van der Waals surface area contributed by atoms with E-state index < -0.39 is 5.97 Å². The minimum absolute atomic E-state index is 0.0157. The molecule has 2 aliphatic heterocycles. The molecule has 2 saturated heterocycles. The SMILES string of the molecule is CC(=O)NCC1CCN(Cc2cc(Oc3ccc(N4CCN(CCC(=O)O)C(C)(C)C4)nc3)nc(-c3cc(Cl)cc(Cl)c3)c2)CC1. The smallest absolute Gasteiger partial charge is 0.304 e. The lowest BCUT2D eigenvalue weighted by Gasteiger charge is -2.47. The molecule has 5 rings (SSSR count). The van der Waals surface area contributed by atoms with Gasteiger partial charge in [0.25, 0.3) is 0 Å². The summed E-state index contributed by atoms with van der Waals surface area (Å²) in [6.45, 7) is 12.0. The number of hydrogen-bond donors (Lipinski definition) is 2. The van der Waals surface area contributed by atoms with Crippen LogP contribution in [0.4, 0.5) is 5.82 Å². The Balaban J connectivity index is 1.29. The van der Waals surface area contributed by atoms with Crippen molar-refractivity contribution in [2.45, 2.75) is 52.1 Å². The van der Waals surface area contributed by atoms with Gasteiger partial charge in [-0.2, -0.15) is 0 Å². The summed E-state index contributed by atoms with van der Waals surface area (Å²) < 4.78 is 6.28. The number of pyridine rings is 2. The van der Waals surface area contributed by atoms with Gasteiger partial charge in [0.1, 0.15) is 11.6 Å². The molecular formula is C34H42Cl2N6O4. The number of halogens is 2. The Morgan fingerprint density at radius 3 is 2.41 bits per heavy atom. The van der Waals surface area contributed by atoms with E-state index >= 15 is 0 Å². The molecule has 10 nitrogen and oxygen atoms in total. The monoisotopic (exact) mass is 668 g/mol. The lowest BCUT2D eigenvalue weighted by Crippen LogP contribution is -2.59. The Morgan fingerprint density at radius 2 is 1.78 bits per heavy atom. The van der Waals surface area contributed by atoms with Crippen LogP contribution >= 0.6 is 23.2 Å². The highest BCUT2D eigenvalue weighted by Crippen LogP contribution is 2.32. The molecule has 2 fully saturated rings. The number of benzene rings is 1. The fourth-order valence-electron chi connectivity index (χ4n) is 6.22. The number of ether oxygens (including phenoxy) is 1. The molecule has 1 amide bonds. The number of piperazine rings is 1. The molecular weight excluding hydrogens is 627 g/mol. The number of rotatable bonds is 11. The summed E-state index contributed by atoms with van der Waals surface area (Å²) in [7, 11) is 0. The van der Waals surface area contributed by atoms with E-state index in [2.05, 4.69) is 39.9 Å². The standard InChI is InChI=1S/C34H42Cl2N6O4/c1-23(43)37-19-24-6-9-40(10-7-24)21-25-14-30(26-16-27(35)18-28(36)17-26)39-32(15-25)46-29-4-5-31(38-20-29)41-12-13-42(11-8-33(44)45)34(2,3)22-41/h4-5,14-18,20,24H,6-13,19,21-22H2,1-3H3,(H,37,43)(H,44,45). The number of carboxylic acids is 1. The molecule has 4 heterocycles. The van der Waals surface area contributed by atoms with Gasteiger partial charge in [0, 0.05) is 73.4 Å². The first kappa shape index (κ1) is 33.9. The van der Waals surface area contributed by atoms with Crippen LogP contribution in [0.3, 0.4) is 0 Å². The minimum Gasteiger partial charge on any atom is -0.481 e. The van der Waals surface area contributed by atoms with Crippen molar-refractivity contribution in [2.24, 2.45) is 5.92 Å². The molecule has 0 bridgehead atoms. The molecule has 0 aliphatic carbocycles. The summed E-state index contributed by atoms with van der Waals surface area (Å²) in [6.07, 6.45) is 3.90. The fourth-order valence-corrected chi connectivity index (χ4v) is 6.74. The second-order valence-corrected chi connectivity index (χ2v) is 13.7. The number of carbonyl (C=O) groups excluding carboxylic acids is 1. The van der Waals surface area contributed by atoms with Crippen molar-refractivity contribution in [1.82, 2.24) is 25.1 Å². The van der Waals surface area contributed by atoms with Crippen molar-refractivity contribution in [3.63, 3.8) is 0 Å². The average Bonchev–Trinajstić information content (AvgIpc) is 2.99. The molecule has 2 aliphatic rings. The van der Waals surface area contributed by atoms with Crippen molar-refractivity contribution in [3.05, 3.63) is 64.3 Å². The van der Waals surface area contributed by atoms with Gasteiger partial charge in [-0.25, -0.2) is 9.97 Å². The lowest BCUT2D eigenvalue weighted by atomic mass is 9.96. The number of carbonyl (C=O) groups is 2. The van der Waals surface area contributed by atoms with Crippen LogP contribution in [0.5, 0.6) is 11.6 Å². The van der Waals surface area contributed by atoms with Crippen LogP contribution in [0.2, 0.25) is 10.0 Å². The first-order valence-electron chi connectivity index (χ1n) is 15.7. The van der Waals surface area contributed by atoms with Gasteiger partial charge < -0.3 is 20.1 Å². The number of piperidine rings is 1. The van der Waals surface area contributed by atoms with Crippen molar-refractivity contribution < 1.29 is 19.4 Å². The van der Waals surface area contributed by atoms with Crippen LogP contribution in [0.25, 0.3) is 11.3 Å². The Kier molecular flexibility index (Phi) is 11.0. The zero-order valence-corrected chi connectivity index (χ0v) is 28.2. The van der Waals surface area contributed by atoms with E-state index in [0.29, 0.717) is 39.8 Å². The number of nitrogens with zero attached hydrogens (tertiary/aromatic N) is 5. The fraction of sp³-hybridized carbons (Fsp3) is 0.471. The number of likely N-dealkylation sites (tertiary alicyclic amines) is 1. The van der Waals surface area contributed by atoms with Crippen LogP contribution in [0, 0.1) is 5.92 Å². The van der Waals surface area contributed by atoms with E-state index in [1.54, 1.807) is 19.2 Å². The van der Waals surface area contributed by atoms with Gasteiger partial charge in [-0.15, -0.1) is 0 Å². The third kappa shape index (κ3) is 9.31. The van der Waals surface area contributed by atoms with E-state index in [1.807, 2.05) is 30.3 Å². The normalized spacial score (nSPS) is 17.5. The molecule has 0 unspecified atom stereocenters. The number of aliphatic carboxylic acids is 1. The Labute approximate surface area is 280 Å². The van der Waals surface area contributed by atoms with Gasteiger partial charge in [0.2, 0.25) is 11.8 Å². The van der Waals surface area contributed by atoms with Gasteiger partial charge in [-0.1, -0.05) is 23.2 Å². The molecule has 0 spiro atoms. The van der Waals surface area contributed by atoms with E-state index in [1.165, 1.54) is 0 Å². The van der Waals surface area contributed by atoms with Crippen LogP contribution in [0.1, 0.15) is 45.6 Å². The van der Waals surface area contributed by atoms with Crippen molar-refractivity contribution in [3.8, 4) is 22.9 Å². The average molecular weight is 670 g/mol. The highest BCUT2D eigenvalue weighted by molar-refractivity contribution is 6.35. The van der Waals surface area contributed by atoms with Crippen molar-refractivity contribution >= 4 is 40.9 Å². The summed E-state index contributed by atoms with van der Waals surface area (Å²) in [4.78, 5) is 38.8. The maximum atomic E-state index is 11.3. The second-order valence-electron chi connectivity index (χ2n) is 12.8. The second kappa shape index (κ2) is 15.0. The number of nitrogens with one attached hydrogen (secondary N) is 1. The quantitative estimate of drug-likeness (QED) is 0.255. The number of amides is 1. The predicted molar refractivity (Wildman–Crippen MR) is 181 cm³/mol. The van der Waals surface area contributed by atoms with Gasteiger partial charge in [-0.3, -0.25) is 19.4 Å². The summed E-state index contributed by atoms with van der Waals surface area (Å²) in [5.74, 6) is 1.59. The number of aromatic nitrogens is 2. The summed E-state index contributed by atoms with van der Waals surface area (Å²) in [5.41, 5.74) is 2.39. The van der Waals surface area contributed by atoms with E-state index in [4.69, 9.17) is 43.0 Å². The number of hydrogen-bond acceptors (Lipinski definition) is 8. The number of anilines is 1. The third-order valence-electron chi connectivity index (χ3n) is 8.71. The highest BCUT2D eigenvalue weighted by Gasteiger charge is 2.34. The summed E-state index contributed by atoms with van der Waals surface area (Å²) >= 11 is 12.7. The maximum absolute atomic E-state index is 11.3. The van der Waals surface area contributed by atoms with Gasteiger partial charge >= 0.3 is 5.97 Å². The lowest BCUT2D eigenvalue weighted by molar-refractivity contribution is -0.137. The largest absolute Gasteiger partial charge is 0.481 e. The molecule has 2 N–H and O–H groups in total. The van der Waals surface area contributed by atoms with Crippen LogP contribution < -0.4 is 15.0 Å². The third-order valence-corrected chi connectivity index (χ3v) is 9.15. The van der Waals surface area contributed by atoms with Crippen LogP contribution in [-0.4, -0.2) is 88.1 Å².